The van der Waals surface area contributed by atoms with Crippen molar-refractivity contribution in [2.24, 2.45) is 0 Å². The van der Waals surface area contributed by atoms with Crippen LogP contribution in [0.2, 0.25) is 0 Å². The predicted molar refractivity (Wildman–Crippen MR) is 77.0 cm³/mol. The summed E-state index contributed by atoms with van der Waals surface area (Å²) in [7, 11) is -3.95. The summed E-state index contributed by atoms with van der Waals surface area (Å²) < 4.78 is 39.3. The Morgan fingerprint density at radius 1 is 1.45 bits per heavy atom. The van der Waals surface area contributed by atoms with Crippen LogP contribution in [0.25, 0.3) is 0 Å². The van der Waals surface area contributed by atoms with Crippen molar-refractivity contribution < 1.29 is 17.6 Å². The standard InChI is InChI=1S/C11H15BrFN3O3S/c1-2-3-15-11(17)6-16-20(18,19)10-5-9(14)8(13)4-7(10)12/h4-5,16H,2-3,6,14H2,1H3,(H,15,17). The minimum atomic E-state index is -3.95. The monoisotopic (exact) mass is 367 g/mol. The second-order valence-corrected chi connectivity index (χ2v) is 6.57. The lowest BCUT2D eigenvalue weighted by atomic mass is 10.3. The van der Waals surface area contributed by atoms with Crippen LogP contribution in [-0.4, -0.2) is 27.4 Å². The third-order valence-corrected chi connectivity index (χ3v) is 4.70. The van der Waals surface area contributed by atoms with Crippen molar-refractivity contribution in [1.82, 2.24) is 10.0 Å². The van der Waals surface area contributed by atoms with E-state index in [1.807, 2.05) is 6.92 Å². The molecule has 9 heteroatoms. The number of anilines is 1. The molecule has 0 heterocycles. The number of nitrogens with two attached hydrogens (primary N) is 1. The maximum atomic E-state index is 13.2. The molecule has 0 saturated carbocycles. The molecule has 0 atom stereocenters. The van der Waals surface area contributed by atoms with E-state index in [-0.39, 0.29) is 15.1 Å². The number of sulfonamides is 1. The maximum absolute atomic E-state index is 13.2. The molecule has 1 aromatic carbocycles. The Balaban J connectivity index is 2.84. The van der Waals surface area contributed by atoms with Crippen molar-refractivity contribution in [2.75, 3.05) is 18.8 Å². The second-order valence-electron chi connectivity index (χ2n) is 3.98. The molecule has 0 aliphatic carbocycles. The Bertz CT molecular complexity index is 607. The molecule has 0 aliphatic rings. The highest BCUT2D eigenvalue weighted by molar-refractivity contribution is 9.10. The van der Waals surface area contributed by atoms with Crippen LogP contribution in [0, 0.1) is 5.82 Å². The molecule has 0 fully saturated rings. The molecule has 6 nitrogen and oxygen atoms in total. The minimum absolute atomic E-state index is 0.0330. The van der Waals surface area contributed by atoms with Gasteiger partial charge in [0.25, 0.3) is 0 Å². The average Bonchev–Trinajstić information content (AvgIpc) is 2.38. The van der Waals surface area contributed by atoms with Crippen LogP contribution >= 0.6 is 15.9 Å². The van der Waals surface area contributed by atoms with Crippen molar-refractivity contribution >= 4 is 37.5 Å². The first-order valence-electron chi connectivity index (χ1n) is 5.78. The first-order chi connectivity index (χ1) is 9.27. The molecule has 0 unspecified atom stereocenters. The van der Waals surface area contributed by atoms with E-state index in [2.05, 4.69) is 26.0 Å². The second kappa shape index (κ2) is 7.00. The zero-order valence-electron chi connectivity index (χ0n) is 10.7. The van der Waals surface area contributed by atoms with Crippen molar-refractivity contribution in [3.05, 3.63) is 22.4 Å². The third kappa shape index (κ3) is 4.43. The summed E-state index contributed by atoms with van der Waals surface area (Å²) in [6, 6.07) is 1.95. The van der Waals surface area contributed by atoms with Gasteiger partial charge in [0.15, 0.2) is 0 Å². The van der Waals surface area contributed by atoms with Gasteiger partial charge in [0.05, 0.1) is 17.1 Å². The van der Waals surface area contributed by atoms with Gasteiger partial charge in [-0.3, -0.25) is 4.79 Å². The first kappa shape index (κ1) is 16.9. The van der Waals surface area contributed by atoms with Crippen LogP contribution in [0.15, 0.2) is 21.5 Å². The van der Waals surface area contributed by atoms with E-state index in [4.69, 9.17) is 5.73 Å². The normalized spacial score (nSPS) is 11.3. The van der Waals surface area contributed by atoms with Crippen LogP contribution < -0.4 is 15.8 Å². The van der Waals surface area contributed by atoms with Crippen molar-refractivity contribution in [1.29, 1.82) is 0 Å². The number of nitrogens with one attached hydrogen (secondary N) is 2. The zero-order valence-corrected chi connectivity index (χ0v) is 13.1. The Hall–Kier alpha value is -1.19. The lowest BCUT2D eigenvalue weighted by Crippen LogP contribution is -2.37. The van der Waals surface area contributed by atoms with Gasteiger partial charge in [-0.15, -0.1) is 0 Å². The van der Waals surface area contributed by atoms with E-state index in [0.29, 0.717) is 6.54 Å². The molecule has 112 valence electrons. The van der Waals surface area contributed by atoms with Gasteiger partial charge in [-0.05, 0) is 34.5 Å². The van der Waals surface area contributed by atoms with Crippen LogP contribution in [0.4, 0.5) is 10.1 Å². The number of benzene rings is 1. The summed E-state index contributed by atoms with van der Waals surface area (Å²) in [5, 5.41) is 2.53. The highest BCUT2D eigenvalue weighted by Crippen LogP contribution is 2.26. The van der Waals surface area contributed by atoms with Gasteiger partial charge in [-0.25, -0.2) is 17.5 Å². The van der Waals surface area contributed by atoms with E-state index in [9.17, 15) is 17.6 Å². The van der Waals surface area contributed by atoms with E-state index in [1.165, 1.54) is 0 Å². The Labute approximate surface area is 125 Å². The number of carbonyl (C=O) groups is 1. The highest BCUT2D eigenvalue weighted by Gasteiger charge is 2.20. The topological polar surface area (TPSA) is 101 Å². The number of hydrogen-bond acceptors (Lipinski definition) is 4. The minimum Gasteiger partial charge on any atom is -0.396 e. The molecule has 1 rings (SSSR count). The van der Waals surface area contributed by atoms with E-state index < -0.39 is 28.3 Å². The summed E-state index contributed by atoms with van der Waals surface area (Å²) in [6.45, 7) is 1.95. The Kier molecular flexibility index (Phi) is 5.90. The predicted octanol–water partition coefficient (Wildman–Crippen LogP) is 0.975. The van der Waals surface area contributed by atoms with E-state index in [0.717, 1.165) is 18.6 Å². The zero-order chi connectivity index (χ0) is 15.3. The van der Waals surface area contributed by atoms with Crippen molar-refractivity contribution in [2.45, 2.75) is 18.2 Å². The number of halogens is 2. The Morgan fingerprint density at radius 3 is 2.70 bits per heavy atom. The van der Waals surface area contributed by atoms with Crippen LogP contribution in [-0.2, 0) is 14.8 Å². The van der Waals surface area contributed by atoms with Gasteiger partial charge < -0.3 is 11.1 Å². The van der Waals surface area contributed by atoms with E-state index >= 15 is 0 Å². The average molecular weight is 368 g/mol. The molecule has 4 N–H and O–H groups in total. The molecule has 20 heavy (non-hydrogen) atoms. The number of hydrogen-bond donors (Lipinski definition) is 3. The van der Waals surface area contributed by atoms with Crippen molar-refractivity contribution in [3.63, 3.8) is 0 Å². The van der Waals surface area contributed by atoms with Crippen LogP contribution in [0.5, 0.6) is 0 Å². The molecule has 0 saturated heterocycles. The molecule has 1 aromatic rings. The molecule has 0 spiro atoms. The molecule has 0 bridgehead atoms. The largest absolute Gasteiger partial charge is 0.396 e. The van der Waals surface area contributed by atoms with Gasteiger partial charge in [0.2, 0.25) is 15.9 Å². The summed E-state index contributed by atoms with van der Waals surface area (Å²) >= 11 is 2.95. The fraction of sp³-hybridized carbons (Fsp3) is 0.364. The smallest absolute Gasteiger partial charge is 0.242 e. The number of carbonyl (C=O) groups excluding carboxylic acids is 1. The highest BCUT2D eigenvalue weighted by atomic mass is 79.9. The molecular weight excluding hydrogens is 353 g/mol. The van der Waals surface area contributed by atoms with Crippen molar-refractivity contribution in [3.8, 4) is 0 Å². The first-order valence-corrected chi connectivity index (χ1v) is 8.06. The lowest BCUT2D eigenvalue weighted by Gasteiger charge is -2.10. The lowest BCUT2D eigenvalue weighted by molar-refractivity contribution is -0.119. The third-order valence-electron chi connectivity index (χ3n) is 2.34. The Morgan fingerprint density at radius 2 is 2.10 bits per heavy atom. The molecular formula is C11H15BrFN3O3S. The van der Waals surface area contributed by atoms with Crippen LogP contribution in [0.1, 0.15) is 13.3 Å². The van der Waals surface area contributed by atoms with Crippen LogP contribution in [0.3, 0.4) is 0 Å². The molecule has 1 amide bonds. The van der Waals surface area contributed by atoms with Gasteiger partial charge in [-0.2, -0.15) is 0 Å². The quantitative estimate of drug-likeness (QED) is 0.652. The summed E-state index contributed by atoms with van der Waals surface area (Å²) in [6.07, 6.45) is 0.749. The van der Waals surface area contributed by atoms with Gasteiger partial charge in [0, 0.05) is 11.0 Å². The fourth-order valence-electron chi connectivity index (χ4n) is 1.32. The van der Waals surface area contributed by atoms with Gasteiger partial charge in [-0.1, -0.05) is 6.92 Å². The SMILES string of the molecule is CCCNC(=O)CNS(=O)(=O)c1cc(N)c(F)cc1Br. The molecule has 0 radical (unpaired) electrons. The number of nitrogen functional groups attached to an aromatic ring is 1. The number of rotatable bonds is 6. The molecule has 0 aromatic heterocycles. The number of amides is 1. The summed E-state index contributed by atoms with van der Waals surface area (Å²) in [4.78, 5) is 11.1. The fourth-order valence-corrected chi connectivity index (χ4v) is 3.35. The van der Waals surface area contributed by atoms with Gasteiger partial charge in [0.1, 0.15) is 5.82 Å². The molecule has 0 aliphatic heterocycles. The summed E-state index contributed by atoms with van der Waals surface area (Å²) in [5.41, 5.74) is 5.05. The van der Waals surface area contributed by atoms with Gasteiger partial charge >= 0.3 is 0 Å². The van der Waals surface area contributed by atoms with E-state index in [1.54, 1.807) is 0 Å². The summed E-state index contributed by atoms with van der Waals surface area (Å²) in [5.74, 6) is -1.17. The maximum Gasteiger partial charge on any atom is 0.242 e.